The van der Waals surface area contributed by atoms with Crippen molar-refractivity contribution in [1.29, 1.82) is 0 Å². The van der Waals surface area contributed by atoms with Crippen LogP contribution in [0.5, 0.6) is 0 Å². The molecule has 2 unspecified atom stereocenters. The summed E-state index contributed by atoms with van der Waals surface area (Å²) in [6.45, 7) is 1.98. The van der Waals surface area contributed by atoms with Gasteiger partial charge < -0.3 is 10.2 Å². The fraction of sp³-hybridized carbons (Fsp3) is 0.286. The second kappa shape index (κ2) is 6.21. The Morgan fingerprint density at radius 3 is 2.63 bits per heavy atom. The summed E-state index contributed by atoms with van der Waals surface area (Å²) in [4.78, 5) is 0.629. The van der Waals surface area contributed by atoms with E-state index in [4.69, 9.17) is 10.2 Å². The Morgan fingerprint density at radius 1 is 1.26 bits per heavy atom. The normalized spacial score (nSPS) is 14.3. The van der Waals surface area contributed by atoms with Gasteiger partial charge in [-0.25, -0.2) is 8.78 Å². The molecule has 0 aliphatic carbocycles. The number of thioether (sulfide) groups is 1. The fourth-order valence-electron chi connectivity index (χ4n) is 1.72. The van der Waals surface area contributed by atoms with Gasteiger partial charge in [0.15, 0.2) is 11.6 Å². The molecule has 0 radical (unpaired) electrons. The van der Waals surface area contributed by atoms with Gasteiger partial charge in [0.05, 0.1) is 11.5 Å². The van der Waals surface area contributed by atoms with E-state index < -0.39 is 11.6 Å². The average molecular weight is 283 g/mol. The predicted molar refractivity (Wildman–Crippen MR) is 71.9 cm³/mol. The first-order valence-corrected chi connectivity index (χ1v) is 6.90. The van der Waals surface area contributed by atoms with Crippen molar-refractivity contribution in [3.8, 4) is 0 Å². The molecule has 19 heavy (non-hydrogen) atoms. The van der Waals surface area contributed by atoms with Crippen LogP contribution in [-0.4, -0.2) is 6.04 Å². The second-order valence-corrected chi connectivity index (χ2v) is 5.42. The molecule has 2 nitrogen and oxygen atoms in total. The molecule has 0 saturated heterocycles. The first kappa shape index (κ1) is 14.1. The van der Waals surface area contributed by atoms with E-state index in [1.165, 1.54) is 17.8 Å². The number of rotatable bonds is 5. The molecule has 0 fully saturated rings. The molecular weight excluding hydrogens is 268 g/mol. The third kappa shape index (κ3) is 3.36. The van der Waals surface area contributed by atoms with Crippen LogP contribution >= 0.6 is 11.8 Å². The predicted octanol–water partition coefficient (Wildman–Crippen LogP) is 4.13. The summed E-state index contributed by atoms with van der Waals surface area (Å²) in [6, 6.07) is 7.35. The van der Waals surface area contributed by atoms with Gasteiger partial charge in [0.2, 0.25) is 0 Å². The molecule has 0 amide bonds. The van der Waals surface area contributed by atoms with Crippen molar-refractivity contribution in [2.75, 3.05) is 0 Å². The highest BCUT2D eigenvalue weighted by molar-refractivity contribution is 7.99. The smallest absolute Gasteiger partial charge is 0.159 e. The zero-order valence-corrected chi connectivity index (χ0v) is 11.3. The number of hydrogen-bond donors (Lipinski definition) is 1. The molecule has 0 bridgehead atoms. The molecular formula is C14H15F2NOS. The Hall–Kier alpha value is -1.33. The van der Waals surface area contributed by atoms with Crippen molar-refractivity contribution < 1.29 is 13.2 Å². The van der Waals surface area contributed by atoms with Gasteiger partial charge in [-0.2, -0.15) is 0 Å². The lowest BCUT2D eigenvalue weighted by atomic mass is 10.1. The van der Waals surface area contributed by atoms with Crippen LogP contribution in [-0.2, 0) is 0 Å². The lowest BCUT2D eigenvalue weighted by Crippen LogP contribution is -2.25. The van der Waals surface area contributed by atoms with Gasteiger partial charge in [-0.15, -0.1) is 11.8 Å². The average Bonchev–Trinajstić information content (AvgIpc) is 2.93. The maximum atomic E-state index is 13.2. The fourth-order valence-corrected chi connectivity index (χ4v) is 2.95. The molecule has 0 saturated carbocycles. The van der Waals surface area contributed by atoms with Crippen molar-refractivity contribution in [3.63, 3.8) is 0 Å². The van der Waals surface area contributed by atoms with Crippen LogP contribution < -0.4 is 5.73 Å². The van der Waals surface area contributed by atoms with Crippen LogP contribution in [0.4, 0.5) is 8.78 Å². The summed E-state index contributed by atoms with van der Waals surface area (Å²) in [5.74, 6) is -0.962. The molecule has 2 aromatic rings. The summed E-state index contributed by atoms with van der Waals surface area (Å²) in [7, 11) is 0. The molecule has 0 spiro atoms. The quantitative estimate of drug-likeness (QED) is 0.839. The number of furan rings is 1. The number of nitrogens with two attached hydrogens (primary N) is 1. The number of hydrogen-bond acceptors (Lipinski definition) is 3. The van der Waals surface area contributed by atoms with Crippen LogP contribution in [0.1, 0.15) is 24.4 Å². The van der Waals surface area contributed by atoms with Crippen molar-refractivity contribution in [2.24, 2.45) is 5.73 Å². The van der Waals surface area contributed by atoms with Crippen molar-refractivity contribution in [1.82, 2.24) is 0 Å². The van der Waals surface area contributed by atoms with Crippen molar-refractivity contribution in [3.05, 3.63) is 54.0 Å². The zero-order chi connectivity index (χ0) is 13.8. The first-order valence-electron chi connectivity index (χ1n) is 6.02. The minimum absolute atomic E-state index is 0.120. The highest BCUT2D eigenvalue weighted by Gasteiger charge is 2.22. The Kier molecular flexibility index (Phi) is 4.61. The van der Waals surface area contributed by atoms with Gasteiger partial charge in [0, 0.05) is 10.9 Å². The Balaban J connectivity index is 2.23. The van der Waals surface area contributed by atoms with Crippen molar-refractivity contribution >= 4 is 11.8 Å². The molecule has 0 aliphatic heterocycles. The number of halogens is 2. The van der Waals surface area contributed by atoms with E-state index in [9.17, 15) is 8.78 Å². The van der Waals surface area contributed by atoms with E-state index >= 15 is 0 Å². The van der Waals surface area contributed by atoms with E-state index in [0.717, 1.165) is 18.2 Å². The molecule has 2 atom stereocenters. The molecule has 5 heteroatoms. The molecule has 102 valence electrons. The van der Waals surface area contributed by atoms with Gasteiger partial charge >= 0.3 is 0 Å². The van der Waals surface area contributed by atoms with Crippen LogP contribution in [0.15, 0.2) is 45.9 Å². The molecule has 2 rings (SSSR count). The maximum Gasteiger partial charge on any atom is 0.159 e. The van der Waals surface area contributed by atoms with Crippen LogP contribution in [0, 0.1) is 11.6 Å². The Labute approximate surface area is 115 Å². The molecule has 0 aliphatic rings. The van der Waals surface area contributed by atoms with Crippen molar-refractivity contribution in [2.45, 2.75) is 29.5 Å². The third-order valence-corrected chi connectivity index (χ3v) is 4.20. The maximum absolute atomic E-state index is 13.2. The van der Waals surface area contributed by atoms with E-state index in [-0.39, 0.29) is 11.3 Å². The zero-order valence-electron chi connectivity index (χ0n) is 10.5. The second-order valence-electron chi connectivity index (χ2n) is 4.20. The summed E-state index contributed by atoms with van der Waals surface area (Å²) >= 11 is 1.38. The van der Waals surface area contributed by atoms with E-state index in [1.807, 2.05) is 13.0 Å². The molecule has 1 aromatic heterocycles. The number of benzene rings is 1. The highest BCUT2D eigenvalue weighted by Crippen LogP contribution is 2.38. The summed E-state index contributed by atoms with van der Waals surface area (Å²) < 4.78 is 31.5. The standard InChI is InChI=1S/C14H15F2NOS/c1-2-12(17)14(13-4-3-7-18-13)19-9-5-6-10(15)11(16)8-9/h3-8,12,14H,2,17H2,1H3. The molecule has 1 aromatic carbocycles. The van der Waals surface area contributed by atoms with Crippen LogP contribution in [0.2, 0.25) is 0 Å². The van der Waals surface area contributed by atoms with Crippen LogP contribution in [0.3, 0.4) is 0 Å². The van der Waals surface area contributed by atoms with Crippen LogP contribution in [0.25, 0.3) is 0 Å². The Bertz CT molecular complexity index is 530. The highest BCUT2D eigenvalue weighted by atomic mass is 32.2. The minimum Gasteiger partial charge on any atom is -0.468 e. The van der Waals surface area contributed by atoms with E-state index in [2.05, 4.69) is 0 Å². The topological polar surface area (TPSA) is 39.2 Å². The SMILES string of the molecule is CCC(N)C(Sc1ccc(F)c(F)c1)c1ccco1. The van der Waals surface area contributed by atoms with E-state index in [0.29, 0.717) is 4.90 Å². The van der Waals surface area contributed by atoms with E-state index in [1.54, 1.807) is 18.4 Å². The Morgan fingerprint density at radius 2 is 2.05 bits per heavy atom. The summed E-state index contributed by atoms with van der Waals surface area (Å²) in [6.07, 6.45) is 2.35. The first-order chi connectivity index (χ1) is 9.11. The van der Waals surface area contributed by atoms with Gasteiger partial charge in [0.25, 0.3) is 0 Å². The minimum atomic E-state index is -0.853. The lowest BCUT2D eigenvalue weighted by molar-refractivity contribution is 0.473. The van der Waals surface area contributed by atoms with Gasteiger partial charge in [-0.3, -0.25) is 0 Å². The monoisotopic (exact) mass is 283 g/mol. The molecule has 2 N–H and O–H groups in total. The molecule has 1 heterocycles. The lowest BCUT2D eigenvalue weighted by Gasteiger charge is -2.20. The van der Waals surface area contributed by atoms with Gasteiger partial charge in [0.1, 0.15) is 5.76 Å². The summed E-state index contributed by atoms with van der Waals surface area (Å²) in [5.41, 5.74) is 6.08. The van der Waals surface area contributed by atoms with Gasteiger partial charge in [-0.05, 0) is 36.8 Å². The summed E-state index contributed by atoms with van der Waals surface area (Å²) in [5, 5.41) is -0.120. The van der Waals surface area contributed by atoms with Gasteiger partial charge in [-0.1, -0.05) is 6.92 Å². The third-order valence-electron chi connectivity index (χ3n) is 2.84. The largest absolute Gasteiger partial charge is 0.468 e.